The predicted octanol–water partition coefficient (Wildman–Crippen LogP) is 2.54. The van der Waals surface area contributed by atoms with Crippen molar-refractivity contribution < 1.29 is 13.2 Å². The Kier molecular flexibility index (Phi) is 6.91. The van der Waals surface area contributed by atoms with Gasteiger partial charge < -0.3 is 4.74 Å². The summed E-state index contributed by atoms with van der Waals surface area (Å²) in [6.07, 6.45) is 4.00. The van der Waals surface area contributed by atoms with E-state index in [4.69, 9.17) is 15.4 Å². The van der Waals surface area contributed by atoms with Crippen LogP contribution in [0.15, 0.2) is 5.16 Å². The Balaban J connectivity index is 3.14. The Morgan fingerprint density at radius 3 is 2.55 bits per heavy atom. The first-order valence-electron chi connectivity index (χ1n) is 6.82. The van der Waals surface area contributed by atoms with E-state index in [0.29, 0.717) is 19.0 Å². The minimum absolute atomic E-state index is 0.187. The number of unbranched alkanes of at least 4 members (excludes halogenated alkanes) is 1. The van der Waals surface area contributed by atoms with Crippen molar-refractivity contribution in [2.45, 2.75) is 57.1 Å². The minimum Gasteiger partial charge on any atom is -0.383 e. The van der Waals surface area contributed by atoms with E-state index in [9.17, 15) is 8.42 Å². The first kappa shape index (κ1) is 17.4. The third kappa shape index (κ3) is 4.43. The summed E-state index contributed by atoms with van der Waals surface area (Å²) in [6, 6.07) is 0. The summed E-state index contributed by atoms with van der Waals surface area (Å²) < 4.78 is 29.7. The zero-order chi connectivity index (χ0) is 15.2. The summed E-state index contributed by atoms with van der Waals surface area (Å²) in [5.74, 6) is 0.865. The first-order valence-corrected chi connectivity index (χ1v) is 9.13. The molecule has 0 saturated carbocycles. The smallest absolute Gasteiger partial charge is 0.296 e. The summed E-state index contributed by atoms with van der Waals surface area (Å²) in [6.45, 7) is 4.94. The lowest BCUT2D eigenvalue weighted by Crippen LogP contribution is -2.15. The number of ether oxygens (including phenoxy) is 1. The van der Waals surface area contributed by atoms with Crippen molar-refractivity contribution in [1.29, 1.82) is 0 Å². The summed E-state index contributed by atoms with van der Waals surface area (Å²) in [5, 5.41) is 7.61. The molecule has 0 aliphatic rings. The lowest BCUT2D eigenvalue weighted by Gasteiger charge is -2.16. The molecule has 6 nitrogen and oxygen atoms in total. The third-order valence-electron chi connectivity index (χ3n) is 3.25. The van der Waals surface area contributed by atoms with Gasteiger partial charge in [0.05, 0.1) is 6.61 Å². The van der Waals surface area contributed by atoms with Crippen LogP contribution in [0.2, 0.25) is 0 Å². The van der Waals surface area contributed by atoms with Crippen LogP contribution in [0.25, 0.3) is 0 Å². The first-order chi connectivity index (χ1) is 9.45. The van der Waals surface area contributed by atoms with Crippen LogP contribution in [0.5, 0.6) is 0 Å². The van der Waals surface area contributed by atoms with Gasteiger partial charge in [-0.05, 0) is 12.8 Å². The van der Waals surface area contributed by atoms with Crippen LogP contribution in [0.4, 0.5) is 0 Å². The van der Waals surface area contributed by atoms with E-state index in [-0.39, 0.29) is 11.1 Å². The molecular formula is C12H22ClN3O3S. The van der Waals surface area contributed by atoms with Crippen LogP contribution in [0, 0.1) is 0 Å². The van der Waals surface area contributed by atoms with Gasteiger partial charge in [-0.2, -0.15) is 0 Å². The Morgan fingerprint density at radius 1 is 1.35 bits per heavy atom. The molecule has 1 unspecified atom stereocenters. The van der Waals surface area contributed by atoms with Gasteiger partial charge in [0.25, 0.3) is 14.2 Å². The van der Waals surface area contributed by atoms with Crippen LogP contribution in [-0.2, 0) is 20.3 Å². The highest BCUT2D eigenvalue weighted by molar-refractivity contribution is 8.13. The van der Waals surface area contributed by atoms with Crippen molar-refractivity contribution in [2.75, 3.05) is 13.7 Å². The van der Waals surface area contributed by atoms with E-state index >= 15 is 0 Å². The molecule has 1 aromatic heterocycles. The maximum absolute atomic E-state index is 11.6. The molecule has 0 spiro atoms. The standard InChI is InChI=1S/C12H22ClN3O3S/c1-4-6-7-10(5-2)11-14-15-12(20(13,17)18)16(11)8-9-19-3/h10H,4-9H2,1-3H3. The van der Waals surface area contributed by atoms with Crippen LogP contribution < -0.4 is 0 Å². The van der Waals surface area contributed by atoms with E-state index in [2.05, 4.69) is 24.0 Å². The largest absolute Gasteiger partial charge is 0.383 e. The normalized spacial score (nSPS) is 13.6. The molecule has 116 valence electrons. The third-order valence-corrected chi connectivity index (χ3v) is 4.40. The average Bonchev–Trinajstić information content (AvgIpc) is 2.81. The molecule has 0 bridgehead atoms. The van der Waals surface area contributed by atoms with Crippen LogP contribution in [0.1, 0.15) is 51.3 Å². The Labute approximate surface area is 124 Å². The zero-order valence-electron chi connectivity index (χ0n) is 12.2. The molecule has 0 aromatic carbocycles. The van der Waals surface area contributed by atoms with Crippen molar-refractivity contribution in [1.82, 2.24) is 14.8 Å². The van der Waals surface area contributed by atoms with Crippen LogP contribution in [0.3, 0.4) is 0 Å². The molecule has 0 N–H and O–H groups in total. The minimum atomic E-state index is -3.90. The summed E-state index contributed by atoms with van der Waals surface area (Å²) in [4.78, 5) is 0. The Morgan fingerprint density at radius 2 is 2.05 bits per heavy atom. The second kappa shape index (κ2) is 7.95. The Hall–Kier alpha value is -0.660. The van der Waals surface area contributed by atoms with Gasteiger partial charge in [0.2, 0.25) is 0 Å². The molecule has 8 heteroatoms. The van der Waals surface area contributed by atoms with Gasteiger partial charge in [-0.15, -0.1) is 10.2 Å². The molecular weight excluding hydrogens is 302 g/mol. The van der Waals surface area contributed by atoms with Crippen molar-refractivity contribution in [2.24, 2.45) is 0 Å². The molecule has 0 fully saturated rings. The number of aromatic nitrogens is 3. The molecule has 20 heavy (non-hydrogen) atoms. The van der Waals surface area contributed by atoms with E-state index in [1.165, 1.54) is 0 Å². The van der Waals surface area contributed by atoms with Gasteiger partial charge in [-0.1, -0.05) is 26.7 Å². The van der Waals surface area contributed by atoms with Gasteiger partial charge in [-0.3, -0.25) is 4.57 Å². The second-order valence-electron chi connectivity index (χ2n) is 4.67. The van der Waals surface area contributed by atoms with Crippen molar-refractivity contribution >= 4 is 19.7 Å². The molecule has 1 heterocycles. The maximum Gasteiger partial charge on any atom is 0.296 e. The monoisotopic (exact) mass is 323 g/mol. The number of halogens is 1. The van der Waals surface area contributed by atoms with Crippen LogP contribution in [-0.4, -0.2) is 36.9 Å². The molecule has 0 radical (unpaired) electrons. The van der Waals surface area contributed by atoms with E-state index in [1.807, 2.05) is 0 Å². The zero-order valence-corrected chi connectivity index (χ0v) is 13.7. The molecule has 1 atom stereocenters. The second-order valence-corrected chi connectivity index (χ2v) is 7.13. The maximum atomic E-state index is 11.6. The summed E-state index contributed by atoms with van der Waals surface area (Å²) in [5.41, 5.74) is 0. The Bertz CT molecular complexity index is 516. The van der Waals surface area contributed by atoms with E-state index in [1.54, 1.807) is 11.7 Å². The molecule has 0 saturated heterocycles. The lowest BCUT2D eigenvalue weighted by atomic mass is 9.98. The highest BCUT2D eigenvalue weighted by atomic mass is 35.7. The van der Waals surface area contributed by atoms with Gasteiger partial charge in [0.15, 0.2) is 0 Å². The average molecular weight is 324 g/mol. The van der Waals surface area contributed by atoms with Gasteiger partial charge in [0.1, 0.15) is 5.82 Å². The molecule has 0 amide bonds. The fourth-order valence-corrected chi connectivity index (χ4v) is 3.07. The lowest BCUT2D eigenvalue weighted by molar-refractivity contribution is 0.182. The van der Waals surface area contributed by atoms with Crippen molar-refractivity contribution in [3.63, 3.8) is 0 Å². The fraction of sp³-hybridized carbons (Fsp3) is 0.833. The van der Waals surface area contributed by atoms with E-state index in [0.717, 1.165) is 25.7 Å². The number of nitrogens with zero attached hydrogens (tertiary/aromatic N) is 3. The number of methoxy groups -OCH3 is 1. The quantitative estimate of drug-likeness (QED) is 0.653. The van der Waals surface area contributed by atoms with Crippen LogP contribution >= 0.6 is 10.7 Å². The highest BCUT2D eigenvalue weighted by Gasteiger charge is 2.25. The summed E-state index contributed by atoms with van der Waals surface area (Å²) in [7, 11) is 3.08. The van der Waals surface area contributed by atoms with Gasteiger partial charge in [0, 0.05) is 30.3 Å². The molecule has 1 rings (SSSR count). The number of rotatable bonds is 9. The van der Waals surface area contributed by atoms with Crippen molar-refractivity contribution in [3.8, 4) is 0 Å². The molecule has 0 aliphatic carbocycles. The predicted molar refractivity (Wildman–Crippen MR) is 77.5 cm³/mol. The number of hydrogen-bond acceptors (Lipinski definition) is 5. The van der Waals surface area contributed by atoms with Gasteiger partial charge >= 0.3 is 0 Å². The van der Waals surface area contributed by atoms with E-state index < -0.39 is 9.05 Å². The fourth-order valence-electron chi connectivity index (χ4n) is 2.14. The molecule has 0 aliphatic heterocycles. The van der Waals surface area contributed by atoms with Crippen molar-refractivity contribution in [3.05, 3.63) is 5.82 Å². The molecule has 1 aromatic rings. The van der Waals surface area contributed by atoms with Gasteiger partial charge in [-0.25, -0.2) is 8.42 Å². The SMILES string of the molecule is CCCCC(CC)c1nnc(S(=O)(=O)Cl)n1CCOC. The topological polar surface area (TPSA) is 74.1 Å². The highest BCUT2D eigenvalue weighted by Crippen LogP contribution is 2.26. The summed E-state index contributed by atoms with van der Waals surface area (Å²) >= 11 is 0. The number of hydrogen-bond donors (Lipinski definition) is 0.